The van der Waals surface area contributed by atoms with Gasteiger partial charge in [0.15, 0.2) is 0 Å². The molecular formula is C15H12ClN3O. The van der Waals surface area contributed by atoms with E-state index in [9.17, 15) is 4.79 Å². The second-order valence-electron chi connectivity index (χ2n) is 4.13. The highest BCUT2D eigenvalue weighted by molar-refractivity contribution is 6.18. The highest BCUT2D eigenvalue weighted by atomic mass is 35.5. The molecule has 0 spiro atoms. The molecule has 1 unspecified atom stereocenters. The van der Waals surface area contributed by atoms with Crippen LogP contribution in [0.2, 0.25) is 0 Å². The maximum atomic E-state index is 12.1. The average molecular weight is 286 g/mol. The molecule has 2 rings (SSSR count). The Balaban J connectivity index is 2.11. The van der Waals surface area contributed by atoms with Crippen LogP contribution in [0, 0.1) is 11.3 Å². The van der Waals surface area contributed by atoms with Gasteiger partial charge in [-0.1, -0.05) is 30.3 Å². The molecule has 100 valence electrons. The number of carbonyl (C=O) groups is 1. The number of halogens is 1. The third-order valence-electron chi connectivity index (χ3n) is 2.79. The van der Waals surface area contributed by atoms with Crippen molar-refractivity contribution >= 4 is 17.5 Å². The van der Waals surface area contributed by atoms with Gasteiger partial charge in [-0.25, -0.2) is 4.98 Å². The van der Waals surface area contributed by atoms with E-state index in [0.717, 1.165) is 5.56 Å². The van der Waals surface area contributed by atoms with Crippen molar-refractivity contribution in [2.24, 2.45) is 0 Å². The summed E-state index contributed by atoms with van der Waals surface area (Å²) in [5, 5.41) is 11.5. The number of nitrogens with one attached hydrogen (secondary N) is 1. The smallest absolute Gasteiger partial charge is 0.270 e. The van der Waals surface area contributed by atoms with Crippen molar-refractivity contribution in [3.8, 4) is 6.07 Å². The number of benzene rings is 1. The minimum atomic E-state index is -0.316. The Labute approximate surface area is 122 Å². The van der Waals surface area contributed by atoms with Crippen LogP contribution in [0.25, 0.3) is 0 Å². The van der Waals surface area contributed by atoms with Crippen LogP contribution in [0.1, 0.15) is 27.7 Å². The summed E-state index contributed by atoms with van der Waals surface area (Å²) in [6.07, 6.45) is 1.37. The summed E-state index contributed by atoms with van der Waals surface area (Å²) >= 11 is 5.90. The van der Waals surface area contributed by atoms with Crippen LogP contribution in [0.5, 0.6) is 0 Å². The Kier molecular flexibility index (Phi) is 4.70. The molecule has 1 amide bonds. The topological polar surface area (TPSA) is 65.8 Å². The predicted octanol–water partition coefficient (Wildman–Crippen LogP) is 2.66. The molecule has 1 heterocycles. The molecule has 1 aromatic heterocycles. The van der Waals surface area contributed by atoms with Crippen molar-refractivity contribution in [2.45, 2.75) is 6.04 Å². The van der Waals surface area contributed by atoms with Crippen LogP contribution in [0.15, 0.2) is 48.7 Å². The summed E-state index contributed by atoms with van der Waals surface area (Å²) in [7, 11) is 0. The summed E-state index contributed by atoms with van der Waals surface area (Å²) in [5.74, 6) is -0.0459. The van der Waals surface area contributed by atoms with Gasteiger partial charge in [0.2, 0.25) is 0 Å². The minimum absolute atomic E-state index is 0.259. The first-order valence-electron chi connectivity index (χ1n) is 6.02. The van der Waals surface area contributed by atoms with Gasteiger partial charge in [0.05, 0.1) is 11.6 Å². The number of aromatic nitrogens is 1. The van der Waals surface area contributed by atoms with Crippen LogP contribution in [0.4, 0.5) is 0 Å². The molecule has 0 aliphatic heterocycles. The van der Waals surface area contributed by atoms with Gasteiger partial charge in [-0.15, -0.1) is 11.6 Å². The summed E-state index contributed by atoms with van der Waals surface area (Å²) in [6.45, 7) is 0. The Morgan fingerprint density at radius 3 is 2.60 bits per heavy atom. The molecule has 1 atom stereocenters. The quantitative estimate of drug-likeness (QED) is 0.878. The lowest BCUT2D eigenvalue weighted by Crippen LogP contribution is -2.30. The van der Waals surface area contributed by atoms with Gasteiger partial charge in [-0.2, -0.15) is 5.26 Å². The fourth-order valence-corrected chi connectivity index (χ4v) is 1.98. The maximum Gasteiger partial charge on any atom is 0.270 e. The van der Waals surface area contributed by atoms with Crippen LogP contribution < -0.4 is 5.32 Å². The first-order valence-corrected chi connectivity index (χ1v) is 6.56. The number of carbonyl (C=O) groups excluding carboxylic acids is 1. The number of alkyl halides is 1. The van der Waals surface area contributed by atoms with Crippen LogP contribution in [-0.4, -0.2) is 16.8 Å². The number of hydrogen-bond donors (Lipinski definition) is 1. The third-order valence-corrected chi connectivity index (χ3v) is 3.10. The zero-order valence-corrected chi connectivity index (χ0v) is 11.3. The monoisotopic (exact) mass is 285 g/mol. The summed E-state index contributed by atoms with van der Waals surface area (Å²) in [6, 6.07) is 14.2. The second kappa shape index (κ2) is 6.69. The second-order valence-corrected chi connectivity index (χ2v) is 4.44. The standard InChI is InChI=1S/C15H12ClN3O/c16-8-14(12-4-2-1-3-5-12)19-15(20)13-7-6-11(9-17)10-18-13/h1-7,10,14H,8H2,(H,19,20). The number of rotatable bonds is 4. The van der Waals surface area contributed by atoms with Crippen LogP contribution >= 0.6 is 11.6 Å². The Hall–Kier alpha value is -2.38. The van der Waals surface area contributed by atoms with Crippen LogP contribution in [0.3, 0.4) is 0 Å². The zero-order valence-electron chi connectivity index (χ0n) is 10.6. The molecule has 5 heteroatoms. The Morgan fingerprint density at radius 1 is 1.30 bits per heavy atom. The average Bonchev–Trinajstić information content (AvgIpc) is 2.53. The molecule has 1 N–H and O–H groups in total. The molecule has 4 nitrogen and oxygen atoms in total. The van der Waals surface area contributed by atoms with Crippen molar-refractivity contribution in [2.75, 3.05) is 5.88 Å². The number of pyridine rings is 1. The Bertz CT molecular complexity index is 620. The highest BCUT2D eigenvalue weighted by Crippen LogP contribution is 2.14. The molecule has 20 heavy (non-hydrogen) atoms. The predicted molar refractivity (Wildman–Crippen MR) is 76.3 cm³/mol. The lowest BCUT2D eigenvalue weighted by molar-refractivity contribution is 0.0935. The lowest BCUT2D eigenvalue weighted by atomic mass is 10.1. The van der Waals surface area contributed by atoms with Gasteiger partial charge in [0.1, 0.15) is 11.8 Å². The first kappa shape index (κ1) is 14.0. The van der Waals surface area contributed by atoms with Gasteiger partial charge in [-0.05, 0) is 17.7 Å². The molecule has 0 fully saturated rings. The van der Waals surface area contributed by atoms with E-state index in [1.165, 1.54) is 12.3 Å². The first-order chi connectivity index (χ1) is 9.74. The van der Waals surface area contributed by atoms with Crippen molar-refractivity contribution in [1.29, 1.82) is 5.26 Å². The Morgan fingerprint density at radius 2 is 2.05 bits per heavy atom. The SMILES string of the molecule is N#Cc1ccc(C(=O)NC(CCl)c2ccccc2)nc1. The van der Waals surface area contributed by atoms with E-state index in [4.69, 9.17) is 16.9 Å². The van der Waals surface area contributed by atoms with E-state index in [2.05, 4.69) is 10.3 Å². The van der Waals surface area contributed by atoms with E-state index >= 15 is 0 Å². The molecule has 0 bridgehead atoms. The van der Waals surface area contributed by atoms with E-state index in [1.807, 2.05) is 36.4 Å². The van der Waals surface area contributed by atoms with Gasteiger partial charge < -0.3 is 5.32 Å². The summed E-state index contributed by atoms with van der Waals surface area (Å²) in [4.78, 5) is 16.0. The molecule has 0 saturated carbocycles. The number of nitriles is 1. The summed E-state index contributed by atoms with van der Waals surface area (Å²) < 4.78 is 0. The minimum Gasteiger partial charge on any atom is -0.343 e. The maximum absolute atomic E-state index is 12.1. The van der Waals surface area contributed by atoms with Gasteiger partial charge in [0.25, 0.3) is 5.91 Å². The molecule has 0 aliphatic rings. The van der Waals surface area contributed by atoms with E-state index in [0.29, 0.717) is 5.56 Å². The molecule has 2 aromatic rings. The van der Waals surface area contributed by atoms with E-state index in [-0.39, 0.29) is 23.5 Å². The number of amides is 1. The molecule has 0 saturated heterocycles. The fourth-order valence-electron chi connectivity index (χ4n) is 1.72. The molecule has 1 aromatic carbocycles. The number of nitrogens with zero attached hydrogens (tertiary/aromatic N) is 2. The van der Waals surface area contributed by atoms with Gasteiger partial charge in [0, 0.05) is 12.1 Å². The van der Waals surface area contributed by atoms with Crippen molar-refractivity contribution in [3.63, 3.8) is 0 Å². The van der Waals surface area contributed by atoms with Crippen molar-refractivity contribution in [1.82, 2.24) is 10.3 Å². The van der Waals surface area contributed by atoms with Gasteiger partial charge >= 0.3 is 0 Å². The largest absolute Gasteiger partial charge is 0.343 e. The summed E-state index contributed by atoms with van der Waals surface area (Å²) in [5.41, 5.74) is 1.61. The molecule has 0 aliphatic carbocycles. The highest BCUT2D eigenvalue weighted by Gasteiger charge is 2.15. The van der Waals surface area contributed by atoms with Crippen LogP contribution in [-0.2, 0) is 0 Å². The third kappa shape index (κ3) is 3.34. The molecule has 0 radical (unpaired) electrons. The van der Waals surface area contributed by atoms with E-state index < -0.39 is 0 Å². The molecular weight excluding hydrogens is 274 g/mol. The lowest BCUT2D eigenvalue weighted by Gasteiger charge is -2.16. The van der Waals surface area contributed by atoms with Crippen molar-refractivity contribution < 1.29 is 4.79 Å². The van der Waals surface area contributed by atoms with Crippen molar-refractivity contribution in [3.05, 3.63) is 65.5 Å². The van der Waals surface area contributed by atoms with Gasteiger partial charge in [-0.3, -0.25) is 4.79 Å². The number of hydrogen-bond acceptors (Lipinski definition) is 3. The fraction of sp³-hybridized carbons (Fsp3) is 0.133. The zero-order chi connectivity index (χ0) is 14.4. The van der Waals surface area contributed by atoms with E-state index in [1.54, 1.807) is 6.07 Å². The normalized spacial score (nSPS) is 11.4.